The van der Waals surface area contributed by atoms with Gasteiger partial charge in [0.15, 0.2) is 0 Å². The minimum absolute atomic E-state index is 0.256. The quantitative estimate of drug-likeness (QED) is 0.644. The molecule has 0 amide bonds. The van der Waals surface area contributed by atoms with E-state index in [-0.39, 0.29) is 6.04 Å². The van der Waals surface area contributed by atoms with Crippen LogP contribution in [0.15, 0.2) is 30.5 Å². The lowest BCUT2D eigenvalue weighted by Crippen LogP contribution is -2.34. The first-order valence-corrected chi connectivity index (χ1v) is 10.8. The molecule has 4 N–H and O–H groups in total. The summed E-state index contributed by atoms with van der Waals surface area (Å²) in [4.78, 5) is 9.14. The van der Waals surface area contributed by atoms with E-state index < -0.39 is 5.41 Å². The molecule has 0 spiro atoms. The molecule has 2 aromatic rings. The van der Waals surface area contributed by atoms with Gasteiger partial charge in [-0.05, 0) is 50.3 Å². The number of hydrogen-bond donors (Lipinski definition) is 3. The molecule has 30 heavy (non-hydrogen) atoms. The predicted octanol–water partition coefficient (Wildman–Crippen LogP) is 3.82. The van der Waals surface area contributed by atoms with Crippen molar-refractivity contribution in [3.8, 4) is 17.3 Å². The number of anilines is 2. The predicted molar refractivity (Wildman–Crippen MR) is 118 cm³/mol. The van der Waals surface area contributed by atoms with Gasteiger partial charge in [0.2, 0.25) is 0 Å². The summed E-state index contributed by atoms with van der Waals surface area (Å²) in [5, 5.41) is 17.0. The van der Waals surface area contributed by atoms with Gasteiger partial charge in [-0.1, -0.05) is 17.7 Å². The number of aromatic nitrogens is 2. The molecule has 4 rings (SSSR count). The molecular weight excluding hydrogens is 400 g/mol. The van der Waals surface area contributed by atoms with Crippen molar-refractivity contribution >= 4 is 23.2 Å². The Kier molecular flexibility index (Phi) is 6.38. The van der Waals surface area contributed by atoms with Gasteiger partial charge < -0.3 is 21.1 Å². The topological polar surface area (TPSA) is 109 Å². The molecule has 0 bridgehead atoms. The van der Waals surface area contributed by atoms with Crippen LogP contribution < -0.4 is 16.4 Å². The monoisotopic (exact) mass is 426 g/mol. The molecule has 1 aliphatic heterocycles. The Bertz CT molecular complexity index is 924. The fourth-order valence-electron chi connectivity index (χ4n) is 4.10. The molecule has 158 valence electrons. The molecule has 2 atom stereocenters. The minimum Gasteiger partial charge on any atom is -0.381 e. The molecule has 8 heteroatoms. The van der Waals surface area contributed by atoms with Crippen LogP contribution in [0.4, 0.5) is 11.6 Å². The van der Waals surface area contributed by atoms with Gasteiger partial charge in [-0.15, -0.1) is 0 Å². The number of nitriles is 1. The zero-order valence-corrected chi connectivity index (χ0v) is 17.7. The Labute approximate surface area is 182 Å². The fraction of sp³-hybridized carbons (Fsp3) is 0.500. The van der Waals surface area contributed by atoms with Gasteiger partial charge in [-0.3, -0.25) is 0 Å². The highest BCUT2D eigenvalue weighted by molar-refractivity contribution is 6.33. The number of nitrogens with two attached hydrogens (primary N) is 1. The Morgan fingerprint density at radius 2 is 2.10 bits per heavy atom. The zero-order valence-electron chi connectivity index (χ0n) is 16.9. The van der Waals surface area contributed by atoms with Crippen molar-refractivity contribution in [3.63, 3.8) is 0 Å². The third-order valence-electron chi connectivity index (χ3n) is 6.00. The molecule has 3 heterocycles. The summed E-state index contributed by atoms with van der Waals surface area (Å²) in [5.74, 6) is 1.50. The number of pyridine rings is 2. The van der Waals surface area contributed by atoms with Gasteiger partial charge >= 0.3 is 0 Å². The lowest BCUT2D eigenvalue weighted by molar-refractivity contribution is 0.0455. The van der Waals surface area contributed by atoms with Crippen LogP contribution in [0.3, 0.4) is 0 Å². The maximum Gasteiger partial charge on any atom is 0.126 e. The van der Waals surface area contributed by atoms with Crippen LogP contribution in [0, 0.1) is 16.7 Å². The Morgan fingerprint density at radius 1 is 1.27 bits per heavy atom. The number of ether oxygens (including phenoxy) is 1. The van der Waals surface area contributed by atoms with Gasteiger partial charge in [-0.25, -0.2) is 9.97 Å². The molecule has 1 saturated carbocycles. The molecule has 0 aromatic carbocycles. The van der Waals surface area contributed by atoms with E-state index in [9.17, 15) is 5.26 Å². The standard InChI is InChI=1S/C22H27ClN6O/c23-18-12-26-21(28-16-5-4-15(25)10-16)11-17(18)19-2-1-3-20(29-19)27-14-22(13-24)6-8-30-9-7-22/h1-3,11-12,15-16H,4-10,14,25H2,(H,26,28)(H,27,29)/t15-,16-/m1/s1. The second-order valence-corrected chi connectivity index (χ2v) is 8.64. The normalized spacial score (nSPS) is 23.0. The molecule has 1 saturated heterocycles. The first-order chi connectivity index (χ1) is 14.6. The minimum atomic E-state index is -0.413. The zero-order chi connectivity index (χ0) is 21.0. The van der Waals surface area contributed by atoms with Gasteiger partial charge in [0, 0.05) is 43.6 Å². The Morgan fingerprint density at radius 3 is 2.83 bits per heavy atom. The van der Waals surface area contributed by atoms with Crippen molar-refractivity contribution in [1.82, 2.24) is 9.97 Å². The first kappa shape index (κ1) is 20.9. The summed E-state index contributed by atoms with van der Waals surface area (Å²) in [6, 6.07) is 10.8. The third kappa shape index (κ3) is 4.84. The van der Waals surface area contributed by atoms with E-state index in [4.69, 9.17) is 27.1 Å². The van der Waals surface area contributed by atoms with Crippen molar-refractivity contribution < 1.29 is 4.74 Å². The van der Waals surface area contributed by atoms with Gasteiger partial charge in [-0.2, -0.15) is 5.26 Å². The van der Waals surface area contributed by atoms with Crippen LogP contribution in [0.5, 0.6) is 0 Å². The van der Waals surface area contributed by atoms with E-state index in [1.165, 1.54) is 0 Å². The summed E-state index contributed by atoms with van der Waals surface area (Å²) in [6.45, 7) is 1.79. The molecule has 7 nitrogen and oxygen atoms in total. The van der Waals surface area contributed by atoms with E-state index in [1.54, 1.807) is 6.20 Å². The molecule has 0 unspecified atom stereocenters. The van der Waals surface area contributed by atoms with Crippen molar-refractivity contribution in [2.75, 3.05) is 30.4 Å². The second kappa shape index (κ2) is 9.17. The van der Waals surface area contributed by atoms with Crippen LogP contribution in [0.2, 0.25) is 5.02 Å². The van der Waals surface area contributed by atoms with Crippen molar-refractivity contribution in [3.05, 3.63) is 35.5 Å². The SMILES string of the molecule is N#CC1(CNc2cccc(-c3cc(N[C@@H]4CC[C@@H](N)C4)ncc3Cl)n2)CCOCC1. The van der Waals surface area contributed by atoms with Gasteiger partial charge in [0.1, 0.15) is 11.6 Å². The molecule has 2 aliphatic rings. The molecule has 2 aromatic heterocycles. The molecule has 2 fully saturated rings. The third-order valence-corrected chi connectivity index (χ3v) is 6.30. The summed E-state index contributed by atoms with van der Waals surface area (Å²) >= 11 is 6.44. The van der Waals surface area contributed by atoms with Crippen LogP contribution >= 0.6 is 11.6 Å². The first-order valence-electron chi connectivity index (χ1n) is 10.4. The molecule has 0 radical (unpaired) electrons. The summed E-state index contributed by atoms with van der Waals surface area (Å²) in [5.41, 5.74) is 7.18. The lowest BCUT2D eigenvalue weighted by Gasteiger charge is -2.30. The average molecular weight is 427 g/mol. The highest BCUT2D eigenvalue weighted by Crippen LogP contribution is 2.32. The maximum atomic E-state index is 9.65. The van der Waals surface area contributed by atoms with Crippen LogP contribution in [0.25, 0.3) is 11.3 Å². The second-order valence-electron chi connectivity index (χ2n) is 8.23. The number of nitrogens with one attached hydrogen (secondary N) is 2. The molecular formula is C22H27ClN6O. The van der Waals surface area contributed by atoms with Crippen LogP contribution in [-0.2, 0) is 4.74 Å². The van der Waals surface area contributed by atoms with E-state index in [1.807, 2.05) is 24.3 Å². The highest BCUT2D eigenvalue weighted by atomic mass is 35.5. The van der Waals surface area contributed by atoms with Gasteiger partial charge in [0.25, 0.3) is 0 Å². The Hall–Kier alpha value is -2.40. The largest absolute Gasteiger partial charge is 0.381 e. The van der Waals surface area contributed by atoms with Gasteiger partial charge in [0.05, 0.1) is 22.2 Å². The van der Waals surface area contributed by atoms with E-state index in [0.717, 1.165) is 55.0 Å². The van der Waals surface area contributed by atoms with E-state index >= 15 is 0 Å². The van der Waals surface area contributed by atoms with Crippen molar-refractivity contribution in [2.45, 2.75) is 44.2 Å². The average Bonchev–Trinajstić information content (AvgIpc) is 3.19. The summed E-state index contributed by atoms with van der Waals surface area (Å²) < 4.78 is 5.41. The van der Waals surface area contributed by atoms with Crippen molar-refractivity contribution in [1.29, 1.82) is 5.26 Å². The van der Waals surface area contributed by atoms with E-state index in [0.29, 0.717) is 30.8 Å². The summed E-state index contributed by atoms with van der Waals surface area (Å²) in [7, 11) is 0. The highest BCUT2D eigenvalue weighted by Gasteiger charge is 2.32. The number of rotatable bonds is 6. The van der Waals surface area contributed by atoms with E-state index in [2.05, 4.69) is 21.7 Å². The number of hydrogen-bond acceptors (Lipinski definition) is 7. The summed E-state index contributed by atoms with van der Waals surface area (Å²) in [6.07, 6.45) is 6.14. The molecule has 1 aliphatic carbocycles. The number of halogens is 1. The Balaban J connectivity index is 1.49. The smallest absolute Gasteiger partial charge is 0.126 e. The van der Waals surface area contributed by atoms with Crippen LogP contribution in [-0.4, -0.2) is 41.8 Å². The fourth-order valence-corrected chi connectivity index (χ4v) is 4.30. The lowest BCUT2D eigenvalue weighted by atomic mass is 9.82. The number of nitrogens with zero attached hydrogens (tertiary/aromatic N) is 3. The maximum absolute atomic E-state index is 9.65. The van der Waals surface area contributed by atoms with Crippen molar-refractivity contribution in [2.24, 2.45) is 11.1 Å². The van der Waals surface area contributed by atoms with Crippen LogP contribution in [0.1, 0.15) is 32.1 Å².